The molecule has 5 N–H and O–H groups in total. The largest absolute Gasteiger partial charge is 0.494 e. The highest BCUT2D eigenvalue weighted by Gasteiger charge is 2.23. The van der Waals surface area contributed by atoms with Crippen molar-refractivity contribution in [2.24, 2.45) is 0 Å². The third-order valence-corrected chi connectivity index (χ3v) is 13.9. The molecule has 4 aromatic carbocycles. The summed E-state index contributed by atoms with van der Waals surface area (Å²) >= 11 is 2.08. The van der Waals surface area contributed by atoms with E-state index < -0.39 is 37.9 Å². The molecule has 6 aromatic rings. The third-order valence-electron chi connectivity index (χ3n) is 7.87. The number of carbonyl (C=O) groups excluding carboxylic acids is 1. The predicted octanol–water partition coefficient (Wildman–Crippen LogP) is 7.94. The summed E-state index contributed by atoms with van der Waals surface area (Å²) in [6.45, 7) is -0.00912. The number of thiophene rings is 2. The molecule has 0 aliphatic rings. The average molecular weight is 818 g/mol. The van der Waals surface area contributed by atoms with E-state index in [1.165, 1.54) is 42.5 Å². The summed E-state index contributed by atoms with van der Waals surface area (Å²) in [5.74, 6) is -3.16. The Hall–Kier alpha value is -6.01. The molecular formula is C38H31N3O10S4. The normalized spacial score (nSPS) is 11.4. The number of carboxylic acid groups (broad SMARTS) is 2. The lowest BCUT2D eigenvalue weighted by Gasteiger charge is -2.13. The first-order valence-corrected chi connectivity index (χ1v) is 20.9. The molecule has 0 aliphatic carbocycles. The van der Waals surface area contributed by atoms with Gasteiger partial charge >= 0.3 is 11.9 Å². The number of ether oxygens (including phenoxy) is 1. The molecule has 282 valence electrons. The molecule has 55 heavy (non-hydrogen) atoms. The van der Waals surface area contributed by atoms with Gasteiger partial charge in [0.15, 0.2) is 0 Å². The highest BCUT2D eigenvalue weighted by Crippen LogP contribution is 2.34. The van der Waals surface area contributed by atoms with Crippen molar-refractivity contribution in [1.29, 1.82) is 0 Å². The topological polar surface area (TPSA) is 205 Å². The molecule has 0 aliphatic heterocycles. The Labute approximate surface area is 324 Å². The van der Waals surface area contributed by atoms with Crippen molar-refractivity contribution in [3.63, 3.8) is 0 Å². The van der Waals surface area contributed by atoms with E-state index in [1.54, 1.807) is 12.1 Å². The Morgan fingerprint density at radius 3 is 1.60 bits per heavy atom. The van der Waals surface area contributed by atoms with Gasteiger partial charge < -0.3 is 20.3 Å². The van der Waals surface area contributed by atoms with Crippen molar-refractivity contribution in [2.45, 2.75) is 21.3 Å². The van der Waals surface area contributed by atoms with Crippen LogP contribution in [0.3, 0.4) is 0 Å². The van der Waals surface area contributed by atoms with Crippen LogP contribution in [-0.4, -0.2) is 51.5 Å². The molecule has 0 saturated carbocycles. The standard InChI is InChI=1S/C38H31N3O10S4/c42-34(39-26-13-15-30(28(22-26)37(43)44)40-54(47,48)35-19-17-32(52-35)24-8-3-1-4-9-24)12-7-21-51-27-14-16-31(29(23-27)38(45)46)41-55(49,50)36-20-18-33(53-36)25-10-5-2-6-11-25/h1-6,8-11,13-20,22-23,40-41H,7,12,21H2,(H,39,42)(H,43,44)(H,45,46). The number of benzene rings is 4. The number of anilines is 3. The number of hydrogen-bond acceptors (Lipinski definition) is 10. The fourth-order valence-electron chi connectivity index (χ4n) is 5.25. The molecule has 13 nitrogen and oxygen atoms in total. The third kappa shape index (κ3) is 9.57. The smallest absolute Gasteiger partial charge is 0.337 e. The number of hydrogen-bond donors (Lipinski definition) is 5. The van der Waals surface area contributed by atoms with E-state index in [0.29, 0.717) is 0 Å². The van der Waals surface area contributed by atoms with Crippen LogP contribution in [0.1, 0.15) is 33.6 Å². The summed E-state index contributed by atoms with van der Waals surface area (Å²) in [6.07, 6.45) is 0.120. The number of nitrogens with one attached hydrogen (secondary N) is 3. The molecule has 0 fully saturated rings. The van der Waals surface area contributed by atoms with E-state index in [-0.39, 0.29) is 61.8 Å². The van der Waals surface area contributed by atoms with E-state index in [2.05, 4.69) is 14.8 Å². The minimum Gasteiger partial charge on any atom is -0.494 e. The van der Waals surface area contributed by atoms with Gasteiger partial charge in [0.25, 0.3) is 20.0 Å². The lowest BCUT2D eigenvalue weighted by Crippen LogP contribution is -2.16. The average Bonchev–Trinajstić information content (AvgIpc) is 3.88. The van der Waals surface area contributed by atoms with Crippen LogP contribution in [0.4, 0.5) is 17.1 Å². The number of carbonyl (C=O) groups is 3. The number of aromatic carboxylic acids is 2. The zero-order chi connectivity index (χ0) is 39.2. The lowest BCUT2D eigenvalue weighted by atomic mass is 10.1. The number of carboxylic acids is 2. The molecule has 2 heterocycles. The second kappa shape index (κ2) is 16.6. The maximum absolute atomic E-state index is 13.1. The predicted molar refractivity (Wildman–Crippen MR) is 211 cm³/mol. The molecule has 1 amide bonds. The Morgan fingerprint density at radius 1 is 0.600 bits per heavy atom. The summed E-state index contributed by atoms with van der Waals surface area (Å²) in [6, 6.07) is 32.3. The van der Waals surface area contributed by atoms with Crippen LogP contribution < -0.4 is 19.5 Å². The Balaban J connectivity index is 1.03. The molecule has 0 spiro atoms. The van der Waals surface area contributed by atoms with Crippen molar-refractivity contribution >= 4 is 77.6 Å². The highest BCUT2D eigenvalue weighted by molar-refractivity contribution is 7.95. The molecule has 0 radical (unpaired) electrons. The minimum atomic E-state index is -4.13. The molecule has 0 saturated heterocycles. The van der Waals surface area contributed by atoms with Crippen molar-refractivity contribution in [3.8, 4) is 26.6 Å². The van der Waals surface area contributed by atoms with E-state index in [9.17, 15) is 41.4 Å². The van der Waals surface area contributed by atoms with Crippen molar-refractivity contribution in [1.82, 2.24) is 0 Å². The van der Waals surface area contributed by atoms with Gasteiger partial charge in [-0.3, -0.25) is 14.2 Å². The fourth-order valence-corrected chi connectivity index (χ4v) is 10.0. The molecule has 2 aromatic heterocycles. The van der Waals surface area contributed by atoms with E-state index in [1.807, 2.05) is 60.7 Å². The minimum absolute atomic E-state index is 0.00557. The van der Waals surface area contributed by atoms with Crippen LogP contribution >= 0.6 is 22.7 Å². The van der Waals surface area contributed by atoms with Crippen LogP contribution in [0.25, 0.3) is 20.9 Å². The summed E-state index contributed by atoms with van der Waals surface area (Å²) in [5.41, 5.74) is 0.745. The molecule has 6 rings (SSSR count). The summed E-state index contributed by atoms with van der Waals surface area (Å²) in [7, 11) is -8.23. The first-order valence-electron chi connectivity index (χ1n) is 16.3. The van der Waals surface area contributed by atoms with Gasteiger partial charge in [0.1, 0.15) is 14.2 Å². The summed E-state index contributed by atoms with van der Waals surface area (Å²) in [4.78, 5) is 38.2. The van der Waals surface area contributed by atoms with Gasteiger partial charge in [-0.2, -0.15) is 0 Å². The van der Waals surface area contributed by atoms with Crippen LogP contribution in [0.5, 0.6) is 5.75 Å². The van der Waals surface area contributed by atoms with E-state index in [4.69, 9.17) is 4.74 Å². The van der Waals surface area contributed by atoms with Crippen molar-refractivity contribution in [2.75, 3.05) is 21.4 Å². The number of amides is 1. The van der Waals surface area contributed by atoms with Gasteiger partial charge in [-0.15, -0.1) is 22.7 Å². The molecule has 0 atom stereocenters. The molecule has 0 bridgehead atoms. The number of rotatable bonds is 16. The lowest BCUT2D eigenvalue weighted by molar-refractivity contribution is -0.116. The van der Waals surface area contributed by atoms with Gasteiger partial charge in [-0.05, 0) is 78.2 Å². The van der Waals surface area contributed by atoms with Crippen LogP contribution in [0.15, 0.2) is 130 Å². The zero-order valence-electron chi connectivity index (χ0n) is 28.5. The fraction of sp³-hybridized carbons (Fsp3) is 0.0789. The summed E-state index contributed by atoms with van der Waals surface area (Å²) < 4.78 is 62.8. The van der Waals surface area contributed by atoms with Gasteiger partial charge in [0.2, 0.25) is 5.91 Å². The van der Waals surface area contributed by atoms with Crippen LogP contribution in [0.2, 0.25) is 0 Å². The van der Waals surface area contributed by atoms with Crippen LogP contribution in [0, 0.1) is 0 Å². The Morgan fingerprint density at radius 2 is 1.09 bits per heavy atom. The zero-order valence-corrected chi connectivity index (χ0v) is 31.7. The maximum Gasteiger partial charge on any atom is 0.337 e. The number of sulfonamides is 2. The van der Waals surface area contributed by atoms with Crippen molar-refractivity contribution < 1.29 is 46.2 Å². The van der Waals surface area contributed by atoms with E-state index in [0.717, 1.165) is 49.6 Å². The van der Waals surface area contributed by atoms with Crippen LogP contribution in [-0.2, 0) is 24.8 Å². The van der Waals surface area contributed by atoms with Gasteiger partial charge in [-0.1, -0.05) is 60.7 Å². The second-order valence-electron chi connectivity index (χ2n) is 11.8. The van der Waals surface area contributed by atoms with Gasteiger partial charge in [0.05, 0.1) is 29.1 Å². The maximum atomic E-state index is 13.1. The SMILES string of the molecule is O=C(CCCOc1ccc(NS(=O)(=O)c2ccc(-c3ccccc3)s2)c(C(=O)O)c1)Nc1ccc(NS(=O)(=O)c2ccc(-c3ccccc3)s2)c(C(=O)O)c1. The highest BCUT2D eigenvalue weighted by atomic mass is 32.3. The molecule has 17 heteroatoms. The summed E-state index contributed by atoms with van der Waals surface area (Å²) in [5, 5.41) is 22.2. The van der Waals surface area contributed by atoms with Gasteiger partial charge in [-0.25, -0.2) is 26.4 Å². The first-order chi connectivity index (χ1) is 26.3. The van der Waals surface area contributed by atoms with Gasteiger partial charge in [0, 0.05) is 21.9 Å². The van der Waals surface area contributed by atoms with Crippen molar-refractivity contribution in [3.05, 3.63) is 132 Å². The Kier molecular flexibility index (Phi) is 11.7. The monoisotopic (exact) mass is 817 g/mol. The second-order valence-corrected chi connectivity index (χ2v) is 17.7. The first kappa shape index (κ1) is 38.7. The quantitative estimate of drug-likeness (QED) is 0.0596. The van der Waals surface area contributed by atoms with E-state index >= 15 is 0 Å². The molecular weight excluding hydrogens is 787 g/mol. The Bertz CT molecular complexity index is 2590. The molecule has 0 unspecified atom stereocenters.